The van der Waals surface area contributed by atoms with Gasteiger partial charge in [0.05, 0.1) is 17.0 Å². The number of rotatable bonds is 7. The fourth-order valence-electron chi connectivity index (χ4n) is 3.78. The first-order valence-corrected chi connectivity index (χ1v) is 12.0. The highest BCUT2D eigenvalue weighted by Crippen LogP contribution is 2.33. The van der Waals surface area contributed by atoms with Crippen LogP contribution in [0.4, 0.5) is 4.79 Å². The molecule has 0 atom stereocenters. The number of ketones is 1. The number of carboxylic acid groups (broad SMARTS) is 1. The summed E-state index contributed by atoms with van der Waals surface area (Å²) in [5.74, 6) is -1.50. The zero-order valence-electron chi connectivity index (χ0n) is 19.7. The van der Waals surface area contributed by atoms with Gasteiger partial charge in [-0.3, -0.25) is 19.3 Å². The van der Waals surface area contributed by atoms with Crippen molar-refractivity contribution in [3.8, 4) is 0 Å². The molecule has 36 heavy (non-hydrogen) atoms. The second kappa shape index (κ2) is 10.6. The Morgan fingerprint density at radius 3 is 2.22 bits per heavy atom. The van der Waals surface area contributed by atoms with Crippen LogP contribution in [0.2, 0.25) is 0 Å². The third-order valence-electron chi connectivity index (χ3n) is 5.72. The van der Waals surface area contributed by atoms with Gasteiger partial charge in [-0.15, -0.1) is 0 Å². The first kappa shape index (κ1) is 24.9. The molecule has 0 aliphatic carbocycles. The second-order valence-corrected chi connectivity index (χ2v) is 9.45. The molecule has 0 radical (unpaired) electrons. The van der Waals surface area contributed by atoms with Crippen molar-refractivity contribution >= 4 is 46.8 Å². The third-order valence-corrected chi connectivity index (χ3v) is 6.63. The van der Waals surface area contributed by atoms with Gasteiger partial charge in [0.25, 0.3) is 11.1 Å². The molecule has 0 unspecified atom stereocenters. The number of carbonyl (C=O) groups is 4. The van der Waals surface area contributed by atoms with E-state index in [1.54, 1.807) is 30.4 Å². The Kier molecular flexibility index (Phi) is 7.31. The van der Waals surface area contributed by atoms with Gasteiger partial charge < -0.3 is 5.11 Å². The topological polar surface area (TPSA) is 91.8 Å². The SMILES string of the molecule is Cc1ccc(C(=O)/C=C/c2ccc(/C=C3\SC(=O)N(Cc4ccc(C(=O)O)cc4)C3=O)cc2)c(C)c1. The Balaban J connectivity index is 1.42. The van der Waals surface area contributed by atoms with E-state index in [2.05, 4.69) is 0 Å². The number of allylic oxidation sites excluding steroid dienone is 1. The standard InChI is InChI=1S/C29H23NO5S/c1-18-3-13-24(19(2)15-18)25(31)14-10-20-4-6-21(7-5-20)16-26-27(32)30(29(35)36-26)17-22-8-11-23(12-9-22)28(33)34/h3-16H,17H2,1-2H3,(H,33,34)/b14-10+,26-16-. The number of carbonyl (C=O) groups excluding carboxylic acids is 3. The maximum Gasteiger partial charge on any atom is 0.335 e. The van der Waals surface area contributed by atoms with Crippen molar-refractivity contribution < 1.29 is 24.3 Å². The minimum Gasteiger partial charge on any atom is -0.478 e. The van der Waals surface area contributed by atoms with Crippen LogP contribution < -0.4 is 0 Å². The smallest absolute Gasteiger partial charge is 0.335 e. The number of aryl methyl sites for hydroxylation is 2. The van der Waals surface area contributed by atoms with Gasteiger partial charge in [0.1, 0.15) is 0 Å². The Labute approximate surface area is 212 Å². The molecular formula is C29H23NO5S. The number of carboxylic acids is 1. The zero-order valence-corrected chi connectivity index (χ0v) is 20.5. The largest absolute Gasteiger partial charge is 0.478 e. The maximum absolute atomic E-state index is 12.8. The monoisotopic (exact) mass is 497 g/mol. The van der Waals surface area contributed by atoms with E-state index in [4.69, 9.17) is 5.11 Å². The van der Waals surface area contributed by atoms with Crippen LogP contribution in [0.1, 0.15) is 48.5 Å². The van der Waals surface area contributed by atoms with Crippen LogP contribution in [-0.2, 0) is 11.3 Å². The first-order chi connectivity index (χ1) is 17.2. The number of nitrogens with zero attached hydrogens (tertiary/aromatic N) is 1. The van der Waals surface area contributed by atoms with Gasteiger partial charge in [-0.05, 0) is 72.1 Å². The van der Waals surface area contributed by atoms with E-state index in [-0.39, 0.29) is 23.1 Å². The molecule has 3 aromatic carbocycles. The fourth-order valence-corrected chi connectivity index (χ4v) is 4.62. The summed E-state index contributed by atoms with van der Waals surface area (Å²) >= 11 is 0.868. The lowest BCUT2D eigenvalue weighted by atomic mass is 10.0. The number of benzene rings is 3. The van der Waals surface area contributed by atoms with E-state index in [9.17, 15) is 19.2 Å². The molecule has 1 fully saturated rings. The van der Waals surface area contributed by atoms with Crippen molar-refractivity contribution in [2.45, 2.75) is 20.4 Å². The number of amides is 2. The highest BCUT2D eigenvalue weighted by atomic mass is 32.2. The van der Waals surface area contributed by atoms with Crippen molar-refractivity contribution in [2.24, 2.45) is 0 Å². The number of hydrogen-bond donors (Lipinski definition) is 1. The molecule has 1 N–H and O–H groups in total. The van der Waals surface area contributed by atoms with Gasteiger partial charge in [0.15, 0.2) is 5.78 Å². The van der Waals surface area contributed by atoms with E-state index in [0.717, 1.165) is 38.9 Å². The summed E-state index contributed by atoms with van der Waals surface area (Å²) in [5, 5.41) is 8.63. The molecule has 1 saturated heterocycles. The first-order valence-electron chi connectivity index (χ1n) is 11.2. The molecule has 0 aromatic heterocycles. The van der Waals surface area contributed by atoms with Crippen LogP contribution in [0.3, 0.4) is 0 Å². The molecule has 7 heteroatoms. The number of imide groups is 1. The molecule has 0 spiro atoms. The van der Waals surface area contributed by atoms with Gasteiger partial charge in [-0.2, -0.15) is 0 Å². The van der Waals surface area contributed by atoms with Crippen molar-refractivity contribution in [3.63, 3.8) is 0 Å². The second-order valence-electron chi connectivity index (χ2n) is 8.45. The van der Waals surface area contributed by atoms with Gasteiger partial charge in [0.2, 0.25) is 0 Å². The molecule has 0 saturated carbocycles. The van der Waals surface area contributed by atoms with Crippen LogP contribution in [0.25, 0.3) is 12.2 Å². The van der Waals surface area contributed by atoms with Crippen molar-refractivity contribution in [1.29, 1.82) is 0 Å². The number of thioether (sulfide) groups is 1. The number of hydrogen-bond acceptors (Lipinski definition) is 5. The summed E-state index contributed by atoms with van der Waals surface area (Å²) in [6.07, 6.45) is 4.95. The minimum atomic E-state index is -1.04. The highest BCUT2D eigenvalue weighted by Gasteiger charge is 2.35. The molecular weight excluding hydrogens is 474 g/mol. The molecule has 180 valence electrons. The van der Waals surface area contributed by atoms with Gasteiger partial charge in [-0.25, -0.2) is 4.79 Å². The lowest BCUT2D eigenvalue weighted by Gasteiger charge is -2.12. The van der Waals surface area contributed by atoms with Crippen LogP contribution >= 0.6 is 11.8 Å². The Morgan fingerprint density at radius 1 is 0.917 bits per heavy atom. The maximum atomic E-state index is 12.8. The van der Waals surface area contributed by atoms with Crippen LogP contribution in [0, 0.1) is 13.8 Å². The average molecular weight is 498 g/mol. The van der Waals surface area contributed by atoms with Crippen molar-refractivity contribution in [2.75, 3.05) is 0 Å². The molecule has 1 heterocycles. The lowest BCUT2D eigenvalue weighted by Crippen LogP contribution is -2.27. The van der Waals surface area contributed by atoms with Gasteiger partial charge in [0, 0.05) is 5.56 Å². The summed E-state index contributed by atoms with van der Waals surface area (Å²) < 4.78 is 0. The summed E-state index contributed by atoms with van der Waals surface area (Å²) in [6.45, 7) is 3.97. The molecule has 0 bridgehead atoms. The zero-order chi connectivity index (χ0) is 25.8. The highest BCUT2D eigenvalue weighted by molar-refractivity contribution is 8.18. The number of aromatic carboxylic acids is 1. The third kappa shape index (κ3) is 5.70. The van der Waals surface area contributed by atoms with Gasteiger partial charge in [-0.1, -0.05) is 66.2 Å². The molecule has 3 aromatic rings. The summed E-state index contributed by atoms with van der Waals surface area (Å²) in [6, 6.07) is 19.1. The van der Waals surface area contributed by atoms with Crippen molar-refractivity contribution in [1.82, 2.24) is 4.90 Å². The summed E-state index contributed by atoms with van der Waals surface area (Å²) in [7, 11) is 0. The summed E-state index contributed by atoms with van der Waals surface area (Å²) in [5.41, 5.74) is 5.10. The van der Waals surface area contributed by atoms with E-state index in [0.29, 0.717) is 16.0 Å². The van der Waals surface area contributed by atoms with E-state index < -0.39 is 11.9 Å². The Morgan fingerprint density at radius 2 is 1.58 bits per heavy atom. The predicted molar refractivity (Wildman–Crippen MR) is 141 cm³/mol. The Hall–Kier alpha value is -4.23. The average Bonchev–Trinajstić information content (AvgIpc) is 3.11. The molecule has 1 aliphatic heterocycles. The van der Waals surface area contributed by atoms with Crippen LogP contribution in [0.15, 0.2) is 77.7 Å². The Bertz CT molecular complexity index is 1420. The normalized spacial score (nSPS) is 14.7. The van der Waals surface area contributed by atoms with Gasteiger partial charge >= 0.3 is 5.97 Å². The molecule has 2 amide bonds. The minimum absolute atomic E-state index is 0.0668. The predicted octanol–water partition coefficient (Wildman–Crippen LogP) is 6.13. The van der Waals surface area contributed by atoms with E-state index >= 15 is 0 Å². The van der Waals surface area contributed by atoms with Crippen molar-refractivity contribution in [3.05, 3.63) is 117 Å². The lowest BCUT2D eigenvalue weighted by molar-refractivity contribution is -0.123. The quantitative estimate of drug-likeness (QED) is 0.312. The van der Waals surface area contributed by atoms with Crippen LogP contribution in [0.5, 0.6) is 0 Å². The van der Waals surface area contributed by atoms with E-state index in [1.807, 2.05) is 56.3 Å². The molecule has 1 aliphatic rings. The fraction of sp³-hybridized carbons (Fsp3) is 0.103. The van der Waals surface area contributed by atoms with Crippen LogP contribution in [-0.4, -0.2) is 32.9 Å². The molecule has 4 rings (SSSR count). The van der Waals surface area contributed by atoms with E-state index in [1.165, 1.54) is 12.1 Å². The molecule has 6 nitrogen and oxygen atoms in total. The summed E-state index contributed by atoms with van der Waals surface area (Å²) in [4.78, 5) is 50.2.